The van der Waals surface area contributed by atoms with Crippen LogP contribution in [0.25, 0.3) is 28.1 Å². The van der Waals surface area contributed by atoms with E-state index < -0.39 is 0 Å². The Hall–Kier alpha value is -3.70. The third kappa shape index (κ3) is 4.40. The summed E-state index contributed by atoms with van der Waals surface area (Å²) < 4.78 is 2.20. The molecule has 1 N–H and O–H groups in total. The highest BCUT2D eigenvalue weighted by Gasteiger charge is 2.19. The van der Waals surface area contributed by atoms with Crippen molar-refractivity contribution in [3.63, 3.8) is 0 Å². The number of pyridine rings is 1. The molecule has 1 aromatic heterocycles. The van der Waals surface area contributed by atoms with Gasteiger partial charge in [0.1, 0.15) is 0 Å². The van der Waals surface area contributed by atoms with Gasteiger partial charge in [-0.3, -0.25) is 9.98 Å². The second kappa shape index (κ2) is 9.51. The number of hydrogen-bond acceptors (Lipinski definition) is 4. The van der Waals surface area contributed by atoms with Crippen molar-refractivity contribution in [2.45, 2.75) is 38.1 Å². The van der Waals surface area contributed by atoms with Crippen LogP contribution in [0.15, 0.2) is 90.2 Å². The Morgan fingerprint density at radius 3 is 2.57 bits per heavy atom. The van der Waals surface area contributed by atoms with E-state index in [0.717, 1.165) is 57.7 Å². The number of para-hydroxylation sites is 3. The Balaban J connectivity index is 1.64. The van der Waals surface area contributed by atoms with Crippen LogP contribution in [0.4, 0.5) is 11.4 Å². The second-order valence-electron chi connectivity index (χ2n) is 9.03. The lowest BCUT2D eigenvalue weighted by Crippen LogP contribution is -2.19. The smallest absolute Gasteiger partial charge is 0.0900 e. The van der Waals surface area contributed by atoms with Crippen molar-refractivity contribution >= 4 is 34.0 Å². The van der Waals surface area contributed by atoms with E-state index in [-0.39, 0.29) is 0 Å². The number of anilines is 2. The van der Waals surface area contributed by atoms with Crippen molar-refractivity contribution in [2.75, 3.05) is 5.32 Å². The summed E-state index contributed by atoms with van der Waals surface area (Å²) >= 11 is 6.71. The van der Waals surface area contributed by atoms with Crippen molar-refractivity contribution in [1.29, 1.82) is 0 Å². The van der Waals surface area contributed by atoms with Crippen molar-refractivity contribution in [3.05, 3.63) is 95.6 Å². The van der Waals surface area contributed by atoms with Gasteiger partial charge in [0, 0.05) is 6.20 Å². The summed E-state index contributed by atoms with van der Waals surface area (Å²) in [5.41, 5.74) is 6.54. The van der Waals surface area contributed by atoms with Crippen molar-refractivity contribution in [2.24, 2.45) is 4.99 Å². The molecule has 2 heterocycles. The summed E-state index contributed by atoms with van der Waals surface area (Å²) in [5, 5.41) is 5.17. The van der Waals surface area contributed by atoms with Gasteiger partial charge in [-0.15, -0.1) is 0 Å². The minimum absolute atomic E-state index is 0.331. The standard InChI is InChI=1S/C29H26ClN5/c30-22-12-4-6-14-27(22)35-28-15-7-5-13-23(28)34-26-17-24(33-21-11-8-16-31-19-21)25(18-29(26)35)32-20-9-2-1-3-10-20/h4-8,11-20,33H,1-3,9-10H2. The van der Waals surface area contributed by atoms with E-state index in [1.54, 1.807) is 6.20 Å². The minimum atomic E-state index is 0.331. The zero-order valence-electron chi connectivity index (χ0n) is 19.4. The van der Waals surface area contributed by atoms with Crippen molar-refractivity contribution < 1.29 is 0 Å². The van der Waals surface area contributed by atoms with Crippen LogP contribution in [0, 0.1) is 0 Å². The first-order valence-electron chi connectivity index (χ1n) is 12.2. The number of nitrogens with one attached hydrogen (secondary N) is 1. The van der Waals surface area contributed by atoms with Crippen LogP contribution in [0.5, 0.6) is 0 Å². The van der Waals surface area contributed by atoms with Gasteiger partial charge >= 0.3 is 0 Å². The Morgan fingerprint density at radius 1 is 0.914 bits per heavy atom. The van der Waals surface area contributed by atoms with Gasteiger partial charge in [0.15, 0.2) is 0 Å². The molecular weight excluding hydrogens is 454 g/mol. The van der Waals surface area contributed by atoms with Crippen LogP contribution in [0.2, 0.25) is 5.02 Å². The molecule has 3 aromatic rings. The summed E-state index contributed by atoms with van der Waals surface area (Å²) in [5.74, 6) is 0. The monoisotopic (exact) mass is 479 g/mol. The number of nitrogens with zero attached hydrogens (tertiary/aromatic N) is 4. The zero-order valence-corrected chi connectivity index (χ0v) is 20.1. The largest absolute Gasteiger partial charge is 0.352 e. The number of rotatable bonds is 4. The van der Waals surface area contributed by atoms with Gasteiger partial charge in [0.2, 0.25) is 0 Å². The van der Waals surface area contributed by atoms with Gasteiger partial charge in [-0.1, -0.05) is 55.1 Å². The molecule has 1 aliphatic heterocycles. The lowest BCUT2D eigenvalue weighted by molar-refractivity contribution is 0.437. The topological polar surface area (TPSA) is 55.1 Å². The molecule has 5 nitrogen and oxygen atoms in total. The fraction of sp³-hybridized carbons (Fsp3) is 0.207. The molecule has 0 atom stereocenters. The second-order valence-corrected chi connectivity index (χ2v) is 9.44. The first-order chi connectivity index (χ1) is 17.3. The molecule has 0 bridgehead atoms. The molecule has 6 rings (SSSR count). The molecule has 1 fully saturated rings. The van der Waals surface area contributed by atoms with Crippen LogP contribution in [-0.4, -0.2) is 20.6 Å². The summed E-state index contributed by atoms with van der Waals surface area (Å²) in [4.78, 5) is 14.5. The van der Waals surface area contributed by atoms with Crippen molar-refractivity contribution in [1.82, 2.24) is 14.5 Å². The summed E-state index contributed by atoms with van der Waals surface area (Å²) in [6.45, 7) is 0. The Bertz CT molecular complexity index is 1520. The van der Waals surface area contributed by atoms with Crippen LogP contribution in [0.3, 0.4) is 0 Å². The maximum absolute atomic E-state index is 6.71. The van der Waals surface area contributed by atoms with Crippen LogP contribution in [-0.2, 0) is 0 Å². The van der Waals surface area contributed by atoms with E-state index in [0.29, 0.717) is 11.1 Å². The van der Waals surface area contributed by atoms with Gasteiger partial charge in [-0.2, -0.15) is 0 Å². The maximum Gasteiger partial charge on any atom is 0.0900 e. The molecule has 35 heavy (non-hydrogen) atoms. The van der Waals surface area contributed by atoms with Gasteiger partial charge in [-0.25, -0.2) is 4.98 Å². The third-order valence-electron chi connectivity index (χ3n) is 6.63. The molecule has 0 spiro atoms. The fourth-order valence-corrected chi connectivity index (χ4v) is 5.16. The normalized spacial score (nSPS) is 15.1. The molecule has 0 unspecified atom stereocenters. The molecule has 0 radical (unpaired) electrons. The first-order valence-corrected chi connectivity index (χ1v) is 12.6. The molecule has 0 saturated heterocycles. The van der Waals surface area contributed by atoms with E-state index in [1.807, 2.05) is 60.8 Å². The van der Waals surface area contributed by atoms with E-state index in [4.69, 9.17) is 21.6 Å². The number of hydrogen-bond donors (Lipinski definition) is 1. The third-order valence-corrected chi connectivity index (χ3v) is 6.95. The lowest BCUT2D eigenvalue weighted by Gasteiger charge is -2.22. The average Bonchev–Trinajstić information content (AvgIpc) is 2.90. The number of fused-ring (bicyclic) bond motifs is 2. The van der Waals surface area contributed by atoms with E-state index in [9.17, 15) is 0 Å². The van der Waals surface area contributed by atoms with Crippen LogP contribution in [0.1, 0.15) is 32.1 Å². The molecule has 2 aliphatic carbocycles. The highest BCUT2D eigenvalue weighted by Crippen LogP contribution is 2.33. The molecule has 3 aliphatic rings. The molecular formula is C29H26ClN5. The van der Waals surface area contributed by atoms with Crippen molar-refractivity contribution in [3.8, 4) is 17.1 Å². The van der Waals surface area contributed by atoms with E-state index in [1.165, 1.54) is 19.3 Å². The average molecular weight is 480 g/mol. The number of benzene rings is 3. The van der Waals surface area contributed by atoms with E-state index >= 15 is 0 Å². The summed E-state index contributed by atoms with van der Waals surface area (Å²) in [7, 11) is 0. The van der Waals surface area contributed by atoms with Gasteiger partial charge in [0.25, 0.3) is 0 Å². The summed E-state index contributed by atoms with van der Waals surface area (Å²) in [6.07, 6.45) is 9.63. The molecule has 2 aromatic carbocycles. The van der Waals surface area contributed by atoms with Gasteiger partial charge in [-0.05, 0) is 61.4 Å². The Kier molecular flexibility index (Phi) is 5.93. The van der Waals surface area contributed by atoms with Crippen LogP contribution < -0.4 is 10.7 Å². The highest BCUT2D eigenvalue weighted by molar-refractivity contribution is 6.32. The molecule has 0 amide bonds. The first kappa shape index (κ1) is 21.8. The van der Waals surface area contributed by atoms with Crippen LogP contribution >= 0.6 is 11.6 Å². The quantitative estimate of drug-likeness (QED) is 0.278. The molecule has 6 heteroatoms. The minimum Gasteiger partial charge on any atom is -0.352 e. The van der Waals surface area contributed by atoms with Gasteiger partial charge in [0.05, 0.1) is 62.1 Å². The molecule has 174 valence electrons. The predicted octanol–water partition coefficient (Wildman–Crippen LogP) is 7.16. The zero-order chi connectivity index (χ0) is 23.6. The number of aromatic nitrogens is 3. The maximum atomic E-state index is 6.71. The fourth-order valence-electron chi connectivity index (χ4n) is 4.94. The van der Waals surface area contributed by atoms with E-state index in [2.05, 4.69) is 33.1 Å². The Labute approximate surface area is 209 Å². The lowest BCUT2D eigenvalue weighted by atomic mass is 9.96. The van der Waals surface area contributed by atoms with Gasteiger partial charge < -0.3 is 9.88 Å². The predicted molar refractivity (Wildman–Crippen MR) is 143 cm³/mol. The number of halogens is 1. The SMILES string of the molecule is Clc1ccccc1-n1c2cc(=NC3CCCCC3)c(Nc3cccnc3)cc-2nc2ccccc21. The Morgan fingerprint density at radius 2 is 1.74 bits per heavy atom. The highest BCUT2D eigenvalue weighted by atomic mass is 35.5. The molecule has 1 saturated carbocycles. The summed E-state index contributed by atoms with van der Waals surface area (Å²) in [6, 6.07) is 24.7.